The van der Waals surface area contributed by atoms with Crippen LogP contribution in [-0.2, 0) is 19.1 Å². The van der Waals surface area contributed by atoms with Crippen LogP contribution in [-0.4, -0.2) is 25.2 Å². The van der Waals surface area contributed by atoms with Gasteiger partial charge in [0.2, 0.25) is 0 Å². The molecule has 4 nitrogen and oxygen atoms in total. The molecular weight excluding hydrogens is 412 g/mol. The summed E-state index contributed by atoms with van der Waals surface area (Å²) >= 11 is 0. The van der Waals surface area contributed by atoms with Crippen LogP contribution in [0.25, 0.3) is 0 Å². The Hall–Kier alpha value is -1.06. The molecule has 0 aliphatic carbocycles. The molecule has 196 valence electrons. The van der Waals surface area contributed by atoms with E-state index in [-0.39, 0.29) is 11.9 Å². The van der Waals surface area contributed by atoms with Crippen LogP contribution in [0, 0.1) is 5.92 Å². The highest BCUT2D eigenvalue weighted by molar-refractivity contribution is 5.69. The molecule has 0 bridgehead atoms. The molecule has 0 spiro atoms. The molecule has 0 N–H and O–H groups in total. The van der Waals surface area contributed by atoms with E-state index in [2.05, 4.69) is 6.92 Å². The van der Waals surface area contributed by atoms with Crippen LogP contribution in [0.5, 0.6) is 0 Å². The number of ether oxygens (including phenoxy) is 2. The Morgan fingerprint density at radius 1 is 0.515 bits per heavy atom. The Labute approximate surface area is 206 Å². The Bertz CT molecular complexity index is 433. The largest absolute Gasteiger partial charge is 0.466 e. The van der Waals surface area contributed by atoms with Crippen molar-refractivity contribution < 1.29 is 19.1 Å². The van der Waals surface area contributed by atoms with Crippen molar-refractivity contribution in [2.24, 2.45) is 5.92 Å². The Balaban J connectivity index is 3.22. The van der Waals surface area contributed by atoms with Gasteiger partial charge in [0.25, 0.3) is 0 Å². The maximum atomic E-state index is 11.8. The second-order valence-electron chi connectivity index (χ2n) is 10.2. The van der Waals surface area contributed by atoms with Gasteiger partial charge in [0.1, 0.15) is 0 Å². The molecule has 33 heavy (non-hydrogen) atoms. The van der Waals surface area contributed by atoms with Gasteiger partial charge in [-0.15, -0.1) is 0 Å². The first-order valence-corrected chi connectivity index (χ1v) is 14.4. The molecule has 0 saturated carbocycles. The van der Waals surface area contributed by atoms with Gasteiger partial charge in [-0.25, -0.2) is 0 Å². The Kier molecular flexibility index (Phi) is 24.7. The summed E-state index contributed by atoms with van der Waals surface area (Å²) in [5.41, 5.74) is 0. The fourth-order valence-corrected chi connectivity index (χ4v) is 3.96. The van der Waals surface area contributed by atoms with Gasteiger partial charge in [-0.3, -0.25) is 9.59 Å². The van der Waals surface area contributed by atoms with Crippen molar-refractivity contribution in [3.8, 4) is 0 Å². The molecule has 4 heteroatoms. The maximum absolute atomic E-state index is 11.8. The van der Waals surface area contributed by atoms with Crippen LogP contribution in [0.2, 0.25) is 0 Å². The predicted molar refractivity (Wildman–Crippen MR) is 139 cm³/mol. The lowest BCUT2D eigenvalue weighted by atomic mass is 10.0. The third kappa shape index (κ3) is 27.1. The standard InChI is InChI=1S/C29H56O4/c1-4-5-6-7-8-9-10-11-12-13-14-15-16-17-18-22-25-32-28(30)23-20-19-21-24-29(31)33-26-27(2)3/h27H,4-26H2,1-3H3. The SMILES string of the molecule is CCCCCCCCCCCCCCCCCCOC(=O)CCCCCC(=O)OCC(C)C. The van der Waals surface area contributed by atoms with E-state index in [1.54, 1.807) is 0 Å². The van der Waals surface area contributed by atoms with Crippen LogP contribution in [0.3, 0.4) is 0 Å². The lowest BCUT2D eigenvalue weighted by Crippen LogP contribution is -2.09. The summed E-state index contributed by atoms with van der Waals surface area (Å²) in [6.07, 6.45) is 24.9. The van der Waals surface area contributed by atoms with Crippen LogP contribution < -0.4 is 0 Å². The van der Waals surface area contributed by atoms with Gasteiger partial charge in [-0.2, -0.15) is 0 Å². The van der Waals surface area contributed by atoms with Crippen molar-refractivity contribution in [1.82, 2.24) is 0 Å². The number of hydrogen-bond acceptors (Lipinski definition) is 4. The summed E-state index contributed by atoms with van der Waals surface area (Å²) < 4.78 is 10.5. The van der Waals surface area contributed by atoms with Crippen molar-refractivity contribution in [2.75, 3.05) is 13.2 Å². The van der Waals surface area contributed by atoms with Crippen LogP contribution >= 0.6 is 0 Å². The first kappa shape index (κ1) is 31.9. The summed E-state index contributed by atoms with van der Waals surface area (Å²) in [7, 11) is 0. The fourth-order valence-electron chi connectivity index (χ4n) is 3.96. The van der Waals surface area contributed by atoms with Gasteiger partial charge in [0.05, 0.1) is 13.2 Å². The monoisotopic (exact) mass is 468 g/mol. The minimum Gasteiger partial charge on any atom is -0.466 e. The molecule has 0 saturated heterocycles. The van der Waals surface area contributed by atoms with Crippen LogP contribution in [0.1, 0.15) is 156 Å². The average molecular weight is 469 g/mol. The van der Waals surface area contributed by atoms with E-state index in [1.165, 1.54) is 89.9 Å². The molecule has 0 aliphatic heterocycles. The van der Waals surface area contributed by atoms with E-state index in [1.807, 2.05) is 13.8 Å². The zero-order valence-electron chi connectivity index (χ0n) is 22.5. The molecule has 0 aromatic heterocycles. The topological polar surface area (TPSA) is 52.6 Å². The van der Waals surface area contributed by atoms with Crippen molar-refractivity contribution in [3.63, 3.8) is 0 Å². The second kappa shape index (κ2) is 25.6. The van der Waals surface area contributed by atoms with Gasteiger partial charge < -0.3 is 9.47 Å². The molecule has 0 heterocycles. The zero-order chi connectivity index (χ0) is 24.4. The van der Waals surface area contributed by atoms with Crippen molar-refractivity contribution in [1.29, 1.82) is 0 Å². The number of esters is 2. The van der Waals surface area contributed by atoms with Gasteiger partial charge in [-0.1, -0.05) is 124 Å². The summed E-state index contributed by atoms with van der Waals surface area (Å²) in [6.45, 7) is 7.38. The summed E-state index contributed by atoms with van der Waals surface area (Å²) in [5, 5.41) is 0. The zero-order valence-corrected chi connectivity index (χ0v) is 22.5. The molecule has 0 amide bonds. The van der Waals surface area contributed by atoms with E-state index in [9.17, 15) is 9.59 Å². The normalized spacial score (nSPS) is 11.2. The number of carbonyl (C=O) groups excluding carboxylic acids is 2. The van der Waals surface area contributed by atoms with Gasteiger partial charge >= 0.3 is 11.9 Å². The average Bonchev–Trinajstić information content (AvgIpc) is 2.79. The molecule has 0 fully saturated rings. The smallest absolute Gasteiger partial charge is 0.305 e. The Morgan fingerprint density at radius 2 is 0.879 bits per heavy atom. The van der Waals surface area contributed by atoms with Crippen LogP contribution in [0.4, 0.5) is 0 Å². The molecule has 0 atom stereocenters. The fraction of sp³-hybridized carbons (Fsp3) is 0.931. The van der Waals surface area contributed by atoms with Gasteiger partial charge in [-0.05, 0) is 25.2 Å². The maximum Gasteiger partial charge on any atom is 0.305 e. The molecule has 0 rings (SSSR count). The van der Waals surface area contributed by atoms with Crippen LogP contribution in [0.15, 0.2) is 0 Å². The first-order chi connectivity index (χ1) is 16.1. The van der Waals surface area contributed by atoms with E-state index in [4.69, 9.17) is 9.47 Å². The van der Waals surface area contributed by atoms with Gasteiger partial charge in [0, 0.05) is 12.8 Å². The molecule has 0 unspecified atom stereocenters. The lowest BCUT2D eigenvalue weighted by Gasteiger charge is -2.07. The summed E-state index contributed by atoms with van der Waals surface area (Å²) in [6, 6.07) is 0. The minimum atomic E-state index is -0.130. The summed E-state index contributed by atoms with van der Waals surface area (Å²) in [4.78, 5) is 23.3. The van der Waals surface area contributed by atoms with E-state index in [0.717, 1.165) is 32.1 Å². The van der Waals surface area contributed by atoms with E-state index < -0.39 is 0 Å². The quantitative estimate of drug-likeness (QED) is 0.0991. The number of rotatable bonds is 25. The van der Waals surface area contributed by atoms with Crippen molar-refractivity contribution in [2.45, 2.75) is 156 Å². The molecule has 0 radical (unpaired) electrons. The predicted octanol–water partition coefficient (Wildman–Crippen LogP) is 8.94. The molecular formula is C29H56O4. The third-order valence-electron chi connectivity index (χ3n) is 6.10. The minimum absolute atomic E-state index is 0.0988. The van der Waals surface area contributed by atoms with Crippen molar-refractivity contribution >= 4 is 11.9 Å². The number of unbranched alkanes of at least 4 members (excludes halogenated alkanes) is 17. The Morgan fingerprint density at radius 3 is 1.30 bits per heavy atom. The van der Waals surface area contributed by atoms with E-state index in [0.29, 0.717) is 32.0 Å². The highest BCUT2D eigenvalue weighted by atomic mass is 16.5. The van der Waals surface area contributed by atoms with Crippen molar-refractivity contribution in [3.05, 3.63) is 0 Å². The summed E-state index contributed by atoms with van der Waals surface area (Å²) in [5.74, 6) is 0.145. The molecule has 0 aromatic rings. The van der Waals surface area contributed by atoms with E-state index >= 15 is 0 Å². The lowest BCUT2D eigenvalue weighted by molar-refractivity contribution is -0.144. The van der Waals surface area contributed by atoms with Gasteiger partial charge in [0.15, 0.2) is 0 Å². The number of carbonyl (C=O) groups is 2. The number of hydrogen-bond donors (Lipinski definition) is 0. The second-order valence-corrected chi connectivity index (χ2v) is 10.2. The molecule has 0 aromatic carbocycles. The highest BCUT2D eigenvalue weighted by Crippen LogP contribution is 2.14. The molecule has 0 aliphatic rings. The first-order valence-electron chi connectivity index (χ1n) is 14.4. The highest BCUT2D eigenvalue weighted by Gasteiger charge is 2.06. The third-order valence-corrected chi connectivity index (χ3v) is 6.10.